The Kier molecular flexibility index (Phi) is 6.77. The predicted molar refractivity (Wildman–Crippen MR) is 116 cm³/mol. The fourth-order valence-corrected chi connectivity index (χ4v) is 4.83. The van der Waals surface area contributed by atoms with Gasteiger partial charge in [-0.25, -0.2) is 12.8 Å². The van der Waals surface area contributed by atoms with Crippen molar-refractivity contribution in [2.75, 3.05) is 45.8 Å². The molecule has 0 bridgehead atoms. The molecular weight excluding hydrogens is 455 g/mol. The molecule has 1 aliphatic rings. The molecule has 1 aromatic heterocycles. The topological polar surface area (TPSA) is 116 Å². The van der Waals surface area contributed by atoms with E-state index in [1.165, 1.54) is 23.5 Å². The van der Waals surface area contributed by atoms with Gasteiger partial charge in [0.25, 0.3) is 0 Å². The summed E-state index contributed by atoms with van der Waals surface area (Å²) < 4.78 is 62.3. The van der Waals surface area contributed by atoms with Crippen molar-refractivity contribution in [2.45, 2.75) is 11.4 Å². The third kappa shape index (κ3) is 4.92. The highest BCUT2D eigenvalue weighted by Crippen LogP contribution is 2.31. The number of halogens is 1. The minimum absolute atomic E-state index is 0.105. The Morgan fingerprint density at radius 3 is 2.64 bits per heavy atom. The first-order valence-corrected chi connectivity index (χ1v) is 11.5. The van der Waals surface area contributed by atoms with Crippen LogP contribution in [0, 0.1) is 5.82 Å². The van der Waals surface area contributed by atoms with E-state index in [4.69, 9.17) is 18.7 Å². The maximum atomic E-state index is 14.4. The fraction of sp³-hybridized carbons (Fsp3) is 0.333. The van der Waals surface area contributed by atoms with Gasteiger partial charge in [0.15, 0.2) is 0 Å². The first-order valence-electron chi connectivity index (χ1n) is 10.1. The van der Waals surface area contributed by atoms with Crippen molar-refractivity contribution in [1.82, 2.24) is 14.4 Å². The zero-order chi connectivity index (χ0) is 23.4. The zero-order valence-corrected chi connectivity index (χ0v) is 18.9. The first-order chi connectivity index (χ1) is 15.9. The van der Waals surface area contributed by atoms with Gasteiger partial charge in [0.2, 0.25) is 21.7 Å². The summed E-state index contributed by atoms with van der Waals surface area (Å²) >= 11 is 0. The van der Waals surface area contributed by atoms with Crippen molar-refractivity contribution in [3.8, 4) is 22.9 Å². The van der Waals surface area contributed by atoms with E-state index >= 15 is 0 Å². The largest absolute Gasteiger partial charge is 0.497 e. The average Bonchev–Trinajstić information content (AvgIpc) is 3.32. The quantitative estimate of drug-likeness (QED) is 0.521. The van der Waals surface area contributed by atoms with Crippen LogP contribution < -0.4 is 14.8 Å². The minimum atomic E-state index is -3.98. The maximum Gasteiger partial charge on any atom is 0.246 e. The van der Waals surface area contributed by atoms with Gasteiger partial charge in [-0.15, -0.1) is 0 Å². The van der Waals surface area contributed by atoms with Gasteiger partial charge in [-0.3, -0.25) is 0 Å². The Bertz CT molecular complexity index is 1230. The van der Waals surface area contributed by atoms with Gasteiger partial charge in [0.05, 0.1) is 39.5 Å². The fourth-order valence-electron chi connectivity index (χ4n) is 3.33. The van der Waals surface area contributed by atoms with E-state index in [2.05, 4.69) is 15.5 Å². The van der Waals surface area contributed by atoms with Crippen LogP contribution in [-0.2, 0) is 21.3 Å². The van der Waals surface area contributed by atoms with E-state index in [0.717, 1.165) is 6.07 Å². The van der Waals surface area contributed by atoms with Crippen molar-refractivity contribution in [1.29, 1.82) is 0 Å². The summed E-state index contributed by atoms with van der Waals surface area (Å²) in [6, 6.07) is 9.01. The van der Waals surface area contributed by atoms with E-state index in [1.807, 2.05) is 0 Å². The Hall–Kier alpha value is -3.22. The molecule has 2 heterocycles. The van der Waals surface area contributed by atoms with Crippen LogP contribution in [0.4, 0.5) is 10.1 Å². The van der Waals surface area contributed by atoms with Crippen LogP contribution in [0.15, 0.2) is 45.8 Å². The summed E-state index contributed by atoms with van der Waals surface area (Å²) in [5.74, 6) is 0.899. The summed E-state index contributed by atoms with van der Waals surface area (Å²) in [5.41, 5.74) is 1.01. The molecule has 0 unspecified atom stereocenters. The van der Waals surface area contributed by atoms with Crippen molar-refractivity contribution in [3.63, 3.8) is 0 Å². The van der Waals surface area contributed by atoms with E-state index < -0.39 is 20.7 Å². The molecule has 176 valence electrons. The number of hydrogen-bond donors (Lipinski definition) is 1. The molecule has 0 amide bonds. The number of methoxy groups -OCH3 is 2. The normalized spacial score (nSPS) is 14.8. The van der Waals surface area contributed by atoms with Gasteiger partial charge >= 0.3 is 0 Å². The molecule has 1 saturated heterocycles. The molecular formula is C21H23FN4O6S. The highest BCUT2D eigenvalue weighted by molar-refractivity contribution is 7.89. The van der Waals surface area contributed by atoms with Gasteiger partial charge in [-0.2, -0.15) is 9.29 Å². The van der Waals surface area contributed by atoms with Crippen LogP contribution in [0.2, 0.25) is 0 Å². The lowest BCUT2D eigenvalue weighted by Gasteiger charge is -2.26. The number of hydrogen-bond acceptors (Lipinski definition) is 9. The molecule has 3 aromatic rings. The van der Waals surface area contributed by atoms with Crippen molar-refractivity contribution < 1.29 is 31.5 Å². The molecule has 0 spiro atoms. The number of rotatable bonds is 8. The number of nitrogens with one attached hydrogen (secondary N) is 1. The monoisotopic (exact) mass is 478 g/mol. The predicted octanol–water partition coefficient (Wildman–Crippen LogP) is 2.53. The smallest absolute Gasteiger partial charge is 0.246 e. The lowest BCUT2D eigenvalue weighted by Crippen LogP contribution is -2.40. The molecule has 1 aliphatic heterocycles. The van der Waals surface area contributed by atoms with Gasteiger partial charge in [0, 0.05) is 24.8 Å². The van der Waals surface area contributed by atoms with Gasteiger partial charge in [-0.1, -0.05) is 5.16 Å². The molecule has 10 nitrogen and oxygen atoms in total. The van der Waals surface area contributed by atoms with Gasteiger partial charge in [-0.05, 0) is 30.3 Å². The minimum Gasteiger partial charge on any atom is -0.497 e. The first kappa shape index (κ1) is 23.0. The van der Waals surface area contributed by atoms with E-state index in [9.17, 15) is 12.8 Å². The molecule has 2 aromatic carbocycles. The zero-order valence-electron chi connectivity index (χ0n) is 18.1. The number of ether oxygens (including phenoxy) is 3. The van der Waals surface area contributed by atoms with E-state index in [1.54, 1.807) is 25.3 Å². The second-order valence-electron chi connectivity index (χ2n) is 7.09. The highest BCUT2D eigenvalue weighted by Gasteiger charge is 2.29. The maximum absolute atomic E-state index is 14.4. The third-order valence-electron chi connectivity index (χ3n) is 5.08. The molecule has 12 heteroatoms. The molecule has 1 fully saturated rings. The molecule has 1 N–H and O–H groups in total. The van der Waals surface area contributed by atoms with E-state index in [0.29, 0.717) is 28.6 Å². The summed E-state index contributed by atoms with van der Waals surface area (Å²) in [6.07, 6.45) is 0. The van der Waals surface area contributed by atoms with E-state index in [-0.39, 0.29) is 38.7 Å². The number of benzene rings is 2. The number of aromatic nitrogens is 2. The van der Waals surface area contributed by atoms with Crippen LogP contribution >= 0.6 is 0 Å². The van der Waals surface area contributed by atoms with Crippen LogP contribution in [0.5, 0.6) is 11.5 Å². The average molecular weight is 479 g/mol. The summed E-state index contributed by atoms with van der Waals surface area (Å²) in [4.78, 5) is 3.95. The SMILES string of the molecule is COc1ccc(-c2noc(CNc3ccc(F)c(S(=O)(=O)N4CCOCC4)c3)n2)c(OC)c1. The van der Waals surface area contributed by atoms with Crippen molar-refractivity contribution in [2.24, 2.45) is 0 Å². The second kappa shape index (κ2) is 9.73. The number of morpholine rings is 1. The summed E-state index contributed by atoms with van der Waals surface area (Å²) in [5, 5.41) is 6.97. The van der Waals surface area contributed by atoms with Crippen LogP contribution in [0.25, 0.3) is 11.4 Å². The van der Waals surface area contributed by atoms with Gasteiger partial charge < -0.3 is 24.1 Å². The lowest BCUT2D eigenvalue weighted by atomic mass is 10.2. The second-order valence-corrected chi connectivity index (χ2v) is 9.00. The molecule has 0 saturated carbocycles. The number of anilines is 1. The van der Waals surface area contributed by atoms with Crippen LogP contribution in [0.3, 0.4) is 0 Å². The molecule has 33 heavy (non-hydrogen) atoms. The molecule has 0 aliphatic carbocycles. The Balaban J connectivity index is 1.50. The Morgan fingerprint density at radius 1 is 1.12 bits per heavy atom. The molecule has 4 rings (SSSR count). The summed E-state index contributed by atoms with van der Waals surface area (Å²) in [6.45, 7) is 1.01. The van der Waals surface area contributed by atoms with Crippen molar-refractivity contribution >= 4 is 15.7 Å². The summed E-state index contributed by atoms with van der Waals surface area (Å²) in [7, 11) is -0.900. The third-order valence-corrected chi connectivity index (χ3v) is 6.99. The lowest BCUT2D eigenvalue weighted by molar-refractivity contribution is 0.0729. The van der Waals surface area contributed by atoms with Crippen molar-refractivity contribution in [3.05, 3.63) is 48.1 Å². The van der Waals surface area contributed by atoms with Crippen LogP contribution in [0.1, 0.15) is 5.89 Å². The Labute approximate surface area is 190 Å². The highest BCUT2D eigenvalue weighted by atomic mass is 32.2. The molecule has 0 radical (unpaired) electrons. The molecule has 0 atom stereocenters. The Morgan fingerprint density at radius 2 is 1.91 bits per heavy atom. The van der Waals surface area contributed by atoms with Gasteiger partial charge in [0.1, 0.15) is 22.2 Å². The van der Waals surface area contributed by atoms with Crippen LogP contribution in [-0.4, -0.2) is 63.4 Å². The number of sulfonamides is 1. The standard InChI is InChI=1S/C21H23FN4O6S/c1-29-15-4-5-16(18(12-15)30-2)21-24-20(32-25-21)13-23-14-3-6-17(22)19(11-14)33(27,28)26-7-9-31-10-8-26/h3-6,11-12,23H,7-10,13H2,1-2H3. The number of nitrogens with zero attached hydrogens (tertiary/aromatic N) is 3.